The Hall–Kier alpha value is -1.55. The van der Waals surface area contributed by atoms with E-state index < -0.39 is 0 Å². The van der Waals surface area contributed by atoms with Gasteiger partial charge in [-0.2, -0.15) is 0 Å². The van der Waals surface area contributed by atoms with Crippen LogP contribution in [0.5, 0.6) is 0 Å². The van der Waals surface area contributed by atoms with Gasteiger partial charge in [0.05, 0.1) is 18.2 Å². The van der Waals surface area contributed by atoms with Crippen LogP contribution in [0, 0.1) is 0 Å². The summed E-state index contributed by atoms with van der Waals surface area (Å²) in [6.07, 6.45) is 5.45. The van der Waals surface area contributed by atoms with Crippen molar-refractivity contribution in [2.24, 2.45) is 4.99 Å². The van der Waals surface area contributed by atoms with Crippen LogP contribution in [0.3, 0.4) is 0 Å². The maximum Gasteiger partial charge on any atom is 0.191 e. The molecule has 2 aliphatic heterocycles. The van der Waals surface area contributed by atoms with Crippen molar-refractivity contribution in [3.05, 3.63) is 35.9 Å². The molecule has 4 heteroatoms. The van der Waals surface area contributed by atoms with Gasteiger partial charge in [0.25, 0.3) is 0 Å². The molecule has 0 aliphatic carbocycles. The van der Waals surface area contributed by atoms with Gasteiger partial charge in [-0.1, -0.05) is 37.3 Å². The first-order valence-electron chi connectivity index (χ1n) is 9.01. The lowest BCUT2D eigenvalue weighted by molar-refractivity contribution is 0.0992. The van der Waals surface area contributed by atoms with E-state index in [-0.39, 0.29) is 0 Å². The highest BCUT2D eigenvalue weighted by Gasteiger charge is 2.41. The number of ether oxygens (including phenoxy) is 1. The topological polar surface area (TPSA) is 45.7 Å². The van der Waals surface area contributed by atoms with Crippen molar-refractivity contribution in [1.82, 2.24) is 10.6 Å². The fourth-order valence-electron chi connectivity index (χ4n) is 3.60. The Morgan fingerprint density at radius 1 is 1.30 bits per heavy atom. The average molecular weight is 315 g/mol. The molecule has 1 aromatic rings. The Kier molecular flexibility index (Phi) is 5.55. The van der Waals surface area contributed by atoms with Gasteiger partial charge in [-0.15, -0.1) is 0 Å². The van der Waals surface area contributed by atoms with Gasteiger partial charge >= 0.3 is 0 Å². The van der Waals surface area contributed by atoms with Crippen molar-refractivity contribution in [2.75, 3.05) is 13.1 Å². The molecular formula is C19H29N3O. The lowest BCUT2D eigenvalue weighted by Crippen LogP contribution is -2.47. The number of aliphatic imine (C=N–C) groups is 1. The zero-order valence-electron chi connectivity index (χ0n) is 14.3. The molecule has 1 aromatic carbocycles. The van der Waals surface area contributed by atoms with E-state index in [4.69, 9.17) is 9.73 Å². The second kappa shape index (κ2) is 7.82. The van der Waals surface area contributed by atoms with Crippen LogP contribution in [0.1, 0.15) is 51.0 Å². The van der Waals surface area contributed by atoms with E-state index in [0.717, 1.165) is 31.9 Å². The summed E-state index contributed by atoms with van der Waals surface area (Å²) >= 11 is 0. The number of hydrogen-bond donors (Lipinski definition) is 2. The first-order valence-corrected chi connectivity index (χ1v) is 9.01. The summed E-state index contributed by atoms with van der Waals surface area (Å²) in [5.41, 5.74) is 1.39. The molecule has 0 amide bonds. The maximum atomic E-state index is 5.92. The van der Waals surface area contributed by atoms with Crippen molar-refractivity contribution in [3.63, 3.8) is 0 Å². The van der Waals surface area contributed by atoms with Gasteiger partial charge in [0.1, 0.15) is 0 Å². The summed E-state index contributed by atoms with van der Waals surface area (Å²) in [5.74, 6) is 1.47. The number of nitrogens with zero attached hydrogens (tertiary/aromatic N) is 1. The highest BCUT2D eigenvalue weighted by atomic mass is 16.5. The molecule has 3 rings (SSSR count). The monoisotopic (exact) mass is 315 g/mol. The minimum atomic E-state index is 0.382. The summed E-state index contributed by atoms with van der Waals surface area (Å²) in [4.78, 5) is 4.76. The van der Waals surface area contributed by atoms with Crippen molar-refractivity contribution >= 4 is 5.96 Å². The molecule has 0 spiro atoms. The van der Waals surface area contributed by atoms with Crippen LogP contribution in [0.4, 0.5) is 0 Å². The predicted molar refractivity (Wildman–Crippen MR) is 94.9 cm³/mol. The van der Waals surface area contributed by atoms with Crippen LogP contribution < -0.4 is 10.6 Å². The number of benzene rings is 1. The molecule has 0 radical (unpaired) electrons. The normalized spacial score (nSPS) is 27.9. The number of rotatable bonds is 6. The van der Waals surface area contributed by atoms with Crippen molar-refractivity contribution in [1.29, 1.82) is 0 Å². The van der Waals surface area contributed by atoms with E-state index in [2.05, 4.69) is 54.8 Å². The standard InChI is InChI=1S/C19H29N3O/c1-3-20-19(22-17-13-16-9-10-18(17)23-16)21-12-11-14(2)15-7-5-4-6-8-15/h4-8,14,16-18H,3,9-13H2,1-2H3,(H2,20,21,22). The Bertz CT molecular complexity index is 517. The first kappa shape index (κ1) is 16.3. The summed E-state index contributed by atoms with van der Waals surface area (Å²) < 4.78 is 5.92. The van der Waals surface area contributed by atoms with E-state index >= 15 is 0 Å². The second-order valence-corrected chi connectivity index (χ2v) is 6.72. The molecule has 0 saturated carbocycles. The maximum absolute atomic E-state index is 5.92. The molecule has 2 fully saturated rings. The van der Waals surface area contributed by atoms with Gasteiger partial charge in [0, 0.05) is 13.1 Å². The third-order valence-electron chi connectivity index (χ3n) is 4.97. The Morgan fingerprint density at radius 3 is 2.78 bits per heavy atom. The minimum absolute atomic E-state index is 0.382. The lowest BCUT2D eigenvalue weighted by Gasteiger charge is -2.22. The lowest BCUT2D eigenvalue weighted by atomic mass is 9.96. The number of guanidine groups is 1. The first-order chi connectivity index (χ1) is 11.3. The van der Waals surface area contributed by atoms with Crippen LogP contribution in [-0.2, 0) is 4.74 Å². The molecule has 2 bridgehead atoms. The molecule has 2 heterocycles. The summed E-state index contributed by atoms with van der Waals surface area (Å²) in [7, 11) is 0. The molecule has 4 unspecified atom stereocenters. The number of fused-ring (bicyclic) bond motifs is 2. The molecule has 2 aliphatic rings. The van der Waals surface area contributed by atoms with Gasteiger partial charge in [-0.05, 0) is 44.1 Å². The summed E-state index contributed by atoms with van der Waals surface area (Å²) in [6, 6.07) is 11.1. The zero-order valence-corrected chi connectivity index (χ0v) is 14.3. The van der Waals surface area contributed by atoms with Crippen molar-refractivity contribution in [2.45, 2.75) is 63.7 Å². The summed E-state index contributed by atoms with van der Waals surface area (Å²) in [6.45, 7) is 6.12. The third kappa shape index (κ3) is 4.25. The largest absolute Gasteiger partial charge is 0.373 e. The van der Waals surface area contributed by atoms with E-state index in [0.29, 0.717) is 24.2 Å². The van der Waals surface area contributed by atoms with Crippen molar-refractivity contribution < 1.29 is 4.74 Å². The van der Waals surface area contributed by atoms with Crippen LogP contribution in [-0.4, -0.2) is 37.3 Å². The van der Waals surface area contributed by atoms with Crippen LogP contribution in [0.15, 0.2) is 35.3 Å². The molecule has 4 atom stereocenters. The molecule has 2 saturated heterocycles. The fourth-order valence-corrected chi connectivity index (χ4v) is 3.60. The Labute approximate surface area is 139 Å². The molecule has 2 N–H and O–H groups in total. The molecular weight excluding hydrogens is 286 g/mol. The highest BCUT2D eigenvalue weighted by Crippen LogP contribution is 2.34. The molecule has 23 heavy (non-hydrogen) atoms. The van der Waals surface area contributed by atoms with Gasteiger partial charge in [-0.3, -0.25) is 4.99 Å². The van der Waals surface area contributed by atoms with Crippen LogP contribution >= 0.6 is 0 Å². The van der Waals surface area contributed by atoms with Gasteiger partial charge < -0.3 is 15.4 Å². The fraction of sp³-hybridized carbons (Fsp3) is 0.632. The Balaban J connectivity index is 1.50. The molecule has 0 aromatic heterocycles. The number of hydrogen-bond acceptors (Lipinski definition) is 2. The van der Waals surface area contributed by atoms with Gasteiger partial charge in [-0.25, -0.2) is 0 Å². The number of nitrogens with one attached hydrogen (secondary N) is 2. The Morgan fingerprint density at radius 2 is 2.13 bits per heavy atom. The zero-order chi connectivity index (χ0) is 16.1. The quantitative estimate of drug-likeness (QED) is 0.626. The van der Waals surface area contributed by atoms with Crippen molar-refractivity contribution in [3.8, 4) is 0 Å². The highest BCUT2D eigenvalue weighted by molar-refractivity contribution is 5.80. The van der Waals surface area contributed by atoms with E-state index in [9.17, 15) is 0 Å². The smallest absolute Gasteiger partial charge is 0.191 e. The van der Waals surface area contributed by atoms with Gasteiger partial charge in [0.2, 0.25) is 0 Å². The van der Waals surface area contributed by atoms with Crippen LogP contribution in [0.25, 0.3) is 0 Å². The van der Waals surface area contributed by atoms with E-state index in [1.807, 2.05) is 0 Å². The SMILES string of the molecule is CCNC(=NCCC(C)c1ccccc1)NC1CC2CCC1O2. The average Bonchev–Trinajstić information content (AvgIpc) is 3.18. The van der Waals surface area contributed by atoms with Gasteiger partial charge in [0.15, 0.2) is 5.96 Å². The second-order valence-electron chi connectivity index (χ2n) is 6.72. The van der Waals surface area contributed by atoms with E-state index in [1.54, 1.807) is 0 Å². The minimum Gasteiger partial charge on any atom is -0.373 e. The summed E-state index contributed by atoms with van der Waals surface area (Å²) in [5, 5.41) is 6.94. The van der Waals surface area contributed by atoms with E-state index in [1.165, 1.54) is 18.4 Å². The predicted octanol–water partition coefficient (Wildman–Crippen LogP) is 3.06. The van der Waals surface area contributed by atoms with Crippen LogP contribution in [0.2, 0.25) is 0 Å². The molecule has 4 nitrogen and oxygen atoms in total. The third-order valence-corrected chi connectivity index (χ3v) is 4.97. The molecule has 126 valence electrons.